The lowest BCUT2D eigenvalue weighted by Gasteiger charge is -2.04. The zero-order valence-electron chi connectivity index (χ0n) is 9.80. The number of hydrogen-bond donors (Lipinski definition) is 1. The van der Waals surface area contributed by atoms with Gasteiger partial charge in [-0.2, -0.15) is 0 Å². The van der Waals surface area contributed by atoms with E-state index < -0.39 is 5.97 Å². The standard InChI is InChI=1S/C12H12BrN3O2/c1-16-9(4-5-10(17)18)11(13)15-12(16)8-3-2-6-14-7-8/h2-3,6-7H,4-5H2,1H3,(H,17,18). The first-order valence-electron chi connectivity index (χ1n) is 5.43. The van der Waals surface area contributed by atoms with Crippen molar-refractivity contribution in [2.75, 3.05) is 0 Å². The van der Waals surface area contributed by atoms with E-state index in [1.165, 1.54) is 0 Å². The molecule has 1 N–H and O–H groups in total. The van der Waals surface area contributed by atoms with Crippen LogP contribution < -0.4 is 0 Å². The molecule has 2 heterocycles. The zero-order valence-corrected chi connectivity index (χ0v) is 11.4. The average Bonchev–Trinajstić information content (AvgIpc) is 2.63. The maximum absolute atomic E-state index is 10.6. The third-order valence-electron chi connectivity index (χ3n) is 2.66. The molecule has 6 heteroatoms. The number of halogens is 1. The molecule has 2 aromatic rings. The average molecular weight is 310 g/mol. The molecule has 2 rings (SSSR count). The molecule has 0 saturated heterocycles. The molecule has 0 saturated carbocycles. The molecule has 5 nitrogen and oxygen atoms in total. The predicted octanol–water partition coefficient (Wildman–Crippen LogP) is 2.26. The first kappa shape index (κ1) is 12.8. The van der Waals surface area contributed by atoms with Gasteiger partial charge in [0, 0.05) is 31.4 Å². The summed E-state index contributed by atoms with van der Waals surface area (Å²) >= 11 is 3.37. The molecule has 2 aromatic heterocycles. The van der Waals surface area contributed by atoms with Crippen LogP contribution in [-0.2, 0) is 18.3 Å². The second-order valence-electron chi connectivity index (χ2n) is 3.87. The van der Waals surface area contributed by atoms with Gasteiger partial charge in [-0.1, -0.05) is 0 Å². The highest BCUT2D eigenvalue weighted by Crippen LogP contribution is 2.25. The monoisotopic (exact) mass is 309 g/mol. The normalized spacial score (nSPS) is 10.6. The van der Waals surface area contributed by atoms with Crippen molar-refractivity contribution in [3.63, 3.8) is 0 Å². The largest absolute Gasteiger partial charge is 0.481 e. The third kappa shape index (κ3) is 2.59. The second-order valence-corrected chi connectivity index (χ2v) is 4.62. The van der Waals surface area contributed by atoms with Crippen LogP contribution in [0.3, 0.4) is 0 Å². The molecule has 0 amide bonds. The summed E-state index contributed by atoms with van der Waals surface area (Å²) in [6, 6.07) is 3.76. The molecule has 0 spiro atoms. The summed E-state index contributed by atoms with van der Waals surface area (Å²) in [7, 11) is 1.87. The zero-order chi connectivity index (χ0) is 13.1. The summed E-state index contributed by atoms with van der Waals surface area (Å²) in [5, 5.41) is 8.73. The minimum Gasteiger partial charge on any atom is -0.481 e. The second kappa shape index (κ2) is 5.30. The lowest BCUT2D eigenvalue weighted by molar-refractivity contribution is -0.136. The minimum atomic E-state index is -0.814. The Kier molecular flexibility index (Phi) is 3.76. The number of carboxylic acids is 1. The molecule has 0 aliphatic heterocycles. The van der Waals surface area contributed by atoms with Gasteiger partial charge < -0.3 is 9.67 Å². The summed E-state index contributed by atoms with van der Waals surface area (Å²) in [5.41, 5.74) is 1.78. The number of rotatable bonds is 4. The molecule has 0 fully saturated rings. The minimum absolute atomic E-state index is 0.0879. The van der Waals surface area contributed by atoms with Crippen molar-refractivity contribution in [2.45, 2.75) is 12.8 Å². The van der Waals surface area contributed by atoms with E-state index in [9.17, 15) is 4.79 Å². The topological polar surface area (TPSA) is 68.0 Å². The Balaban J connectivity index is 2.35. The number of carbonyl (C=O) groups is 1. The quantitative estimate of drug-likeness (QED) is 0.940. The number of hydrogen-bond acceptors (Lipinski definition) is 3. The summed E-state index contributed by atoms with van der Waals surface area (Å²) in [4.78, 5) is 19.1. The Morgan fingerprint density at radius 1 is 1.56 bits per heavy atom. The first-order chi connectivity index (χ1) is 8.59. The van der Waals surface area contributed by atoms with Gasteiger partial charge in [0.05, 0.1) is 12.1 Å². The summed E-state index contributed by atoms with van der Waals surface area (Å²) in [6.45, 7) is 0. The van der Waals surface area contributed by atoms with Crippen molar-refractivity contribution in [3.05, 3.63) is 34.8 Å². The van der Waals surface area contributed by atoms with E-state index in [2.05, 4.69) is 25.9 Å². The Morgan fingerprint density at radius 2 is 2.33 bits per heavy atom. The van der Waals surface area contributed by atoms with Gasteiger partial charge in [-0.05, 0) is 28.1 Å². The summed E-state index contributed by atoms with van der Waals surface area (Å²) < 4.78 is 2.58. The number of carboxylic acid groups (broad SMARTS) is 1. The van der Waals surface area contributed by atoms with Crippen LogP contribution in [0.15, 0.2) is 29.1 Å². The molecule has 18 heavy (non-hydrogen) atoms. The van der Waals surface area contributed by atoms with E-state index in [0.717, 1.165) is 17.1 Å². The van der Waals surface area contributed by atoms with Crippen LogP contribution in [0.5, 0.6) is 0 Å². The first-order valence-corrected chi connectivity index (χ1v) is 6.22. The summed E-state index contributed by atoms with van der Waals surface area (Å²) in [6.07, 6.45) is 3.97. The molecule has 0 unspecified atom stereocenters. The Bertz CT molecular complexity index is 566. The van der Waals surface area contributed by atoms with E-state index >= 15 is 0 Å². The number of pyridine rings is 1. The molecule has 0 aliphatic rings. The smallest absolute Gasteiger partial charge is 0.303 e. The molecule has 0 aromatic carbocycles. The number of aliphatic carboxylic acids is 1. The lowest BCUT2D eigenvalue weighted by Crippen LogP contribution is -2.03. The molecule has 94 valence electrons. The van der Waals surface area contributed by atoms with Crippen LogP contribution in [-0.4, -0.2) is 25.6 Å². The van der Waals surface area contributed by atoms with Crippen molar-refractivity contribution in [1.82, 2.24) is 14.5 Å². The molecule has 0 atom stereocenters. The van der Waals surface area contributed by atoms with Crippen molar-refractivity contribution >= 4 is 21.9 Å². The van der Waals surface area contributed by atoms with Gasteiger partial charge >= 0.3 is 5.97 Å². The molecular weight excluding hydrogens is 298 g/mol. The third-order valence-corrected chi connectivity index (χ3v) is 3.30. The van der Waals surface area contributed by atoms with Gasteiger partial charge in [0.2, 0.25) is 0 Å². The highest BCUT2D eigenvalue weighted by molar-refractivity contribution is 9.10. The van der Waals surface area contributed by atoms with Gasteiger partial charge in [0.1, 0.15) is 10.4 Å². The van der Waals surface area contributed by atoms with Crippen molar-refractivity contribution in [1.29, 1.82) is 0 Å². The van der Waals surface area contributed by atoms with Crippen LogP contribution >= 0.6 is 15.9 Å². The van der Waals surface area contributed by atoms with Crippen molar-refractivity contribution in [3.8, 4) is 11.4 Å². The van der Waals surface area contributed by atoms with Crippen LogP contribution in [0.4, 0.5) is 0 Å². The van der Waals surface area contributed by atoms with Crippen LogP contribution in [0.25, 0.3) is 11.4 Å². The fraction of sp³-hybridized carbons (Fsp3) is 0.250. The maximum atomic E-state index is 10.6. The molecular formula is C12H12BrN3O2. The van der Waals surface area contributed by atoms with Crippen LogP contribution in [0, 0.1) is 0 Å². The van der Waals surface area contributed by atoms with Crippen molar-refractivity contribution < 1.29 is 9.90 Å². The molecule has 0 radical (unpaired) electrons. The Hall–Kier alpha value is -1.69. The van der Waals surface area contributed by atoms with Gasteiger partial charge in [-0.25, -0.2) is 4.98 Å². The van der Waals surface area contributed by atoms with E-state index in [1.54, 1.807) is 12.4 Å². The summed E-state index contributed by atoms with van der Waals surface area (Å²) in [5.74, 6) is -0.0404. The lowest BCUT2D eigenvalue weighted by atomic mass is 10.2. The number of imidazole rings is 1. The van der Waals surface area contributed by atoms with Gasteiger partial charge in [0.25, 0.3) is 0 Å². The van der Waals surface area contributed by atoms with Crippen LogP contribution in [0.2, 0.25) is 0 Å². The Morgan fingerprint density at radius 3 is 2.94 bits per heavy atom. The van der Waals surface area contributed by atoms with E-state index in [-0.39, 0.29) is 6.42 Å². The fourth-order valence-electron chi connectivity index (χ4n) is 1.75. The van der Waals surface area contributed by atoms with Gasteiger partial charge in [0.15, 0.2) is 0 Å². The highest BCUT2D eigenvalue weighted by atomic mass is 79.9. The van der Waals surface area contributed by atoms with Gasteiger partial charge in [-0.3, -0.25) is 9.78 Å². The SMILES string of the molecule is Cn1c(-c2cccnc2)nc(Br)c1CCC(=O)O. The predicted molar refractivity (Wildman–Crippen MR) is 70.1 cm³/mol. The fourth-order valence-corrected chi connectivity index (χ4v) is 2.38. The molecule has 0 aliphatic carbocycles. The molecule has 0 bridgehead atoms. The number of aromatic nitrogens is 3. The highest BCUT2D eigenvalue weighted by Gasteiger charge is 2.14. The van der Waals surface area contributed by atoms with Crippen molar-refractivity contribution in [2.24, 2.45) is 7.05 Å². The Labute approximate surface area is 113 Å². The van der Waals surface area contributed by atoms with E-state index in [4.69, 9.17) is 5.11 Å². The van der Waals surface area contributed by atoms with E-state index in [1.807, 2.05) is 23.7 Å². The van der Waals surface area contributed by atoms with Crippen LogP contribution in [0.1, 0.15) is 12.1 Å². The van der Waals surface area contributed by atoms with Gasteiger partial charge in [-0.15, -0.1) is 0 Å². The maximum Gasteiger partial charge on any atom is 0.303 e. The number of nitrogens with zero attached hydrogens (tertiary/aromatic N) is 3. The van der Waals surface area contributed by atoms with E-state index in [0.29, 0.717) is 11.0 Å².